The van der Waals surface area contributed by atoms with Gasteiger partial charge in [0.2, 0.25) is 0 Å². The molecular formula is C22H26N4S. The first kappa shape index (κ1) is 18.1. The highest BCUT2D eigenvalue weighted by Crippen LogP contribution is 2.46. The van der Waals surface area contributed by atoms with Gasteiger partial charge < -0.3 is 0 Å². The number of aromatic nitrogens is 4. The molecule has 0 saturated carbocycles. The highest BCUT2D eigenvalue weighted by Gasteiger charge is 2.37. The van der Waals surface area contributed by atoms with E-state index in [2.05, 4.69) is 68.0 Å². The number of rotatable bonds is 4. The van der Waals surface area contributed by atoms with Crippen LogP contribution >= 0.6 is 11.3 Å². The van der Waals surface area contributed by atoms with E-state index in [1.54, 1.807) is 11.3 Å². The van der Waals surface area contributed by atoms with E-state index in [0.29, 0.717) is 0 Å². The quantitative estimate of drug-likeness (QED) is 0.572. The first-order valence-corrected chi connectivity index (χ1v) is 10.3. The lowest BCUT2D eigenvalue weighted by Crippen LogP contribution is -2.34. The van der Waals surface area contributed by atoms with Gasteiger partial charge in [-0.25, -0.2) is 0 Å². The Kier molecular flexibility index (Phi) is 4.30. The number of nitrogens with zero attached hydrogens (tertiary/aromatic N) is 4. The minimum absolute atomic E-state index is 0.0479. The van der Waals surface area contributed by atoms with Gasteiger partial charge in [-0.15, -0.1) is 23.0 Å². The SMILES string of the molecule is C=CC(c1ccc2c(c1)C(C)(C)CCC2(C)C)c1nnnn1-c1cccs1. The van der Waals surface area contributed by atoms with E-state index in [9.17, 15) is 0 Å². The molecule has 0 aliphatic heterocycles. The molecule has 0 amide bonds. The monoisotopic (exact) mass is 378 g/mol. The predicted molar refractivity (Wildman–Crippen MR) is 111 cm³/mol. The summed E-state index contributed by atoms with van der Waals surface area (Å²) in [7, 11) is 0. The van der Waals surface area contributed by atoms with Crippen molar-refractivity contribution in [1.29, 1.82) is 0 Å². The normalized spacial score (nSPS) is 18.7. The molecule has 140 valence electrons. The van der Waals surface area contributed by atoms with Gasteiger partial charge in [0.25, 0.3) is 0 Å². The summed E-state index contributed by atoms with van der Waals surface area (Å²) < 4.78 is 1.82. The summed E-state index contributed by atoms with van der Waals surface area (Å²) in [6.45, 7) is 13.5. The van der Waals surface area contributed by atoms with Crippen LogP contribution in [0.15, 0.2) is 48.4 Å². The Bertz CT molecular complexity index is 966. The molecule has 1 aliphatic rings. The van der Waals surface area contributed by atoms with Crippen LogP contribution in [0.2, 0.25) is 0 Å². The average Bonchev–Trinajstić information content (AvgIpc) is 3.31. The third-order valence-electron chi connectivity index (χ3n) is 5.96. The molecule has 1 aromatic carbocycles. The summed E-state index contributed by atoms with van der Waals surface area (Å²) in [5.74, 6) is 0.758. The Morgan fingerprint density at radius 3 is 2.52 bits per heavy atom. The zero-order chi connectivity index (χ0) is 19.2. The Morgan fingerprint density at radius 2 is 1.85 bits per heavy atom. The Labute approximate surface area is 164 Å². The molecule has 1 unspecified atom stereocenters. The van der Waals surface area contributed by atoms with Crippen LogP contribution in [0.3, 0.4) is 0 Å². The topological polar surface area (TPSA) is 43.6 Å². The number of hydrogen-bond acceptors (Lipinski definition) is 4. The smallest absolute Gasteiger partial charge is 0.168 e. The maximum Gasteiger partial charge on any atom is 0.168 e. The van der Waals surface area contributed by atoms with Gasteiger partial charge in [0.05, 0.1) is 5.92 Å². The molecule has 1 aliphatic carbocycles. The maximum absolute atomic E-state index is 4.33. The molecule has 4 nitrogen and oxygen atoms in total. The number of benzene rings is 1. The molecule has 1 atom stereocenters. The van der Waals surface area contributed by atoms with Gasteiger partial charge in [0, 0.05) is 0 Å². The van der Waals surface area contributed by atoms with Crippen molar-refractivity contribution in [1.82, 2.24) is 20.2 Å². The third kappa shape index (κ3) is 3.04. The Balaban J connectivity index is 1.82. The molecule has 0 saturated heterocycles. The minimum atomic E-state index is -0.0479. The molecule has 0 fully saturated rings. The molecule has 3 aromatic rings. The van der Waals surface area contributed by atoms with Gasteiger partial charge in [0.1, 0.15) is 5.00 Å². The van der Waals surface area contributed by atoms with Gasteiger partial charge in [0.15, 0.2) is 5.82 Å². The molecule has 2 heterocycles. The van der Waals surface area contributed by atoms with Crippen molar-refractivity contribution in [2.45, 2.75) is 57.3 Å². The lowest BCUT2D eigenvalue weighted by Gasteiger charge is -2.42. The lowest BCUT2D eigenvalue weighted by molar-refractivity contribution is 0.331. The van der Waals surface area contributed by atoms with Gasteiger partial charge in [-0.1, -0.05) is 52.0 Å². The highest BCUT2D eigenvalue weighted by molar-refractivity contribution is 7.12. The van der Waals surface area contributed by atoms with Crippen LogP contribution in [-0.4, -0.2) is 20.2 Å². The second kappa shape index (κ2) is 6.41. The number of fused-ring (bicyclic) bond motifs is 1. The Hall–Kier alpha value is -2.27. The second-order valence-corrected chi connectivity index (χ2v) is 9.61. The number of allylic oxidation sites excluding steroid dienone is 1. The molecule has 0 N–H and O–H groups in total. The van der Waals surface area contributed by atoms with Gasteiger partial charge in [-0.3, -0.25) is 0 Å². The lowest BCUT2D eigenvalue weighted by atomic mass is 9.62. The predicted octanol–water partition coefficient (Wildman–Crippen LogP) is 5.39. The number of hydrogen-bond donors (Lipinski definition) is 0. The number of thiophene rings is 1. The summed E-state index contributed by atoms with van der Waals surface area (Å²) in [6, 6.07) is 10.9. The van der Waals surface area contributed by atoms with E-state index in [4.69, 9.17) is 0 Å². The molecule has 0 radical (unpaired) electrons. The molecule has 0 spiro atoms. The van der Waals surface area contributed by atoms with Crippen LogP contribution in [0, 0.1) is 0 Å². The molecule has 0 bridgehead atoms. The zero-order valence-corrected chi connectivity index (χ0v) is 17.3. The van der Waals surface area contributed by atoms with Gasteiger partial charge in [-0.05, 0) is 68.3 Å². The van der Waals surface area contributed by atoms with Crippen molar-refractivity contribution in [2.24, 2.45) is 0 Å². The van der Waals surface area contributed by atoms with E-state index >= 15 is 0 Å². The maximum atomic E-state index is 4.33. The van der Waals surface area contributed by atoms with Crippen LogP contribution in [0.5, 0.6) is 0 Å². The summed E-state index contributed by atoms with van der Waals surface area (Å²) in [5, 5.41) is 15.5. The van der Waals surface area contributed by atoms with Crippen molar-refractivity contribution in [3.63, 3.8) is 0 Å². The van der Waals surface area contributed by atoms with Crippen molar-refractivity contribution >= 4 is 11.3 Å². The van der Waals surface area contributed by atoms with Gasteiger partial charge >= 0.3 is 0 Å². The fourth-order valence-electron chi connectivity index (χ4n) is 4.13. The molecule has 2 aromatic heterocycles. The second-order valence-electron chi connectivity index (χ2n) is 8.69. The van der Waals surface area contributed by atoms with Crippen LogP contribution in [0.25, 0.3) is 5.00 Å². The first-order valence-electron chi connectivity index (χ1n) is 9.43. The third-order valence-corrected chi connectivity index (χ3v) is 6.80. The fourth-order valence-corrected chi connectivity index (χ4v) is 4.81. The Morgan fingerprint density at radius 1 is 1.11 bits per heavy atom. The largest absolute Gasteiger partial charge is 0.186 e. The van der Waals surface area contributed by atoms with Crippen LogP contribution in [-0.2, 0) is 10.8 Å². The van der Waals surface area contributed by atoms with Crippen LogP contribution < -0.4 is 0 Å². The summed E-state index contributed by atoms with van der Waals surface area (Å²) in [4.78, 5) is 0. The van der Waals surface area contributed by atoms with Crippen molar-refractivity contribution in [3.8, 4) is 5.00 Å². The van der Waals surface area contributed by atoms with Crippen molar-refractivity contribution in [2.75, 3.05) is 0 Å². The molecule has 27 heavy (non-hydrogen) atoms. The molecule has 5 heteroatoms. The summed E-state index contributed by atoms with van der Waals surface area (Å²) in [5.41, 5.74) is 4.49. The highest BCUT2D eigenvalue weighted by atomic mass is 32.1. The van der Waals surface area contributed by atoms with Crippen LogP contribution in [0.4, 0.5) is 0 Å². The van der Waals surface area contributed by atoms with Crippen LogP contribution in [0.1, 0.15) is 69.0 Å². The standard InChI is InChI=1S/C22H26N4S/c1-6-16(20-23-24-25-26(20)19-8-7-13-27-19)15-9-10-17-18(14-15)22(4,5)12-11-21(17,2)3/h6-10,13-14,16H,1,11-12H2,2-5H3. The van der Waals surface area contributed by atoms with Crippen molar-refractivity contribution in [3.05, 3.63) is 70.9 Å². The van der Waals surface area contributed by atoms with Crippen molar-refractivity contribution < 1.29 is 0 Å². The van der Waals surface area contributed by atoms with E-state index in [1.807, 2.05) is 28.3 Å². The number of tetrazole rings is 1. The van der Waals surface area contributed by atoms with Gasteiger partial charge in [-0.2, -0.15) is 4.68 Å². The van der Waals surface area contributed by atoms with E-state index in [1.165, 1.54) is 29.5 Å². The first-order chi connectivity index (χ1) is 12.8. The summed E-state index contributed by atoms with van der Waals surface area (Å²) in [6.07, 6.45) is 4.36. The molecule has 4 rings (SSSR count). The van der Waals surface area contributed by atoms with E-state index in [-0.39, 0.29) is 16.7 Å². The van der Waals surface area contributed by atoms with E-state index in [0.717, 1.165) is 10.8 Å². The zero-order valence-electron chi connectivity index (χ0n) is 16.4. The molecular weight excluding hydrogens is 352 g/mol. The fraction of sp³-hybridized carbons (Fsp3) is 0.409. The summed E-state index contributed by atoms with van der Waals surface area (Å²) >= 11 is 1.63. The minimum Gasteiger partial charge on any atom is -0.186 e. The van der Waals surface area contributed by atoms with E-state index < -0.39 is 0 Å². The average molecular weight is 379 g/mol.